The first-order valence-electron chi connectivity index (χ1n) is 11.0. The summed E-state index contributed by atoms with van der Waals surface area (Å²) >= 11 is 6.59. The highest BCUT2D eigenvalue weighted by Gasteiger charge is 2.14. The molecule has 1 atom stereocenters. The van der Waals surface area contributed by atoms with Gasteiger partial charge < -0.3 is 14.8 Å². The molecule has 3 rings (SSSR count). The first kappa shape index (κ1) is 23.2. The maximum atomic E-state index is 6.59. The molecular weight excluding hydrogens is 406 g/mol. The molecule has 0 fully saturated rings. The van der Waals surface area contributed by atoms with Gasteiger partial charge in [0.1, 0.15) is 6.61 Å². The molecule has 0 aliphatic carbocycles. The van der Waals surface area contributed by atoms with Crippen LogP contribution >= 0.6 is 11.6 Å². The smallest absolute Gasteiger partial charge is 0.180 e. The predicted octanol–water partition coefficient (Wildman–Crippen LogP) is 6.74. The maximum absolute atomic E-state index is 6.59. The Labute approximate surface area is 191 Å². The minimum Gasteiger partial charge on any atom is -0.490 e. The molecule has 164 valence electrons. The summed E-state index contributed by atoms with van der Waals surface area (Å²) in [4.78, 5) is 0. The number of halogens is 1. The molecule has 0 saturated heterocycles. The van der Waals surface area contributed by atoms with E-state index in [0.29, 0.717) is 35.8 Å². The van der Waals surface area contributed by atoms with E-state index in [9.17, 15) is 0 Å². The Balaban J connectivity index is 1.60. The van der Waals surface area contributed by atoms with Crippen molar-refractivity contribution in [2.45, 2.75) is 52.8 Å². The SMILES string of the molecule is CCOc1cc(CN[C@H](C)CCc2ccccc2)cc(Cl)c1OCc1cccc(C)c1. The van der Waals surface area contributed by atoms with Crippen LogP contribution < -0.4 is 14.8 Å². The normalized spacial score (nSPS) is 11.9. The zero-order valence-corrected chi connectivity index (χ0v) is 19.4. The van der Waals surface area contributed by atoms with Crippen LogP contribution in [0.3, 0.4) is 0 Å². The molecule has 0 aromatic heterocycles. The van der Waals surface area contributed by atoms with Crippen LogP contribution in [0, 0.1) is 6.92 Å². The highest BCUT2D eigenvalue weighted by Crippen LogP contribution is 2.37. The Morgan fingerprint density at radius 3 is 2.42 bits per heavy atom. The summed E-state index contributed by atoms with van der Waals surface area (Å²) in [6, 6.07) is 23.3. The molecule has 0 saturated carbocycles. The van der Waals surface area contributed by atoms with Crippen molar-refractivity contribution in [1.82, 2.24) is 5.32 Å². The summed E-state index contributed by atoms with van der Waals surface area (Å²) in [6.45, 7) is 8.00. The van der Waals surface area contributed by atoms with Gasteiger partial charge in [-0.05, 0) is 62.4 Å². The highest BCUT2D eigenvalue weighted by molar-refractivity contribution is 6.32. The lowest BCUT2D eigenvalue weighted by atomic mass is 10.1. The average Bonchev–Trinajstić information content (AvgIpc) is 2.76. The number of aryl methyl sites for hydroxylation is 2. The predicted molar refractivity (Wildman–Crippen MR) is 129 cm³/mol. The van der Waals surface area contributed by atoms with E-state index in [1.54, 1.807) is 0 Å². The second kappa shape index (κ2) is 11.8. The van der Waals surface area contributed by atoms with E-state index in [1.165, 1.54) is 11.1 Å². The first-order chi connectivity index (χ1) is 15.0. The molecule has 0 amide bonds. The Kier molecular flexibility index (Phi) is 8.81. The van der Waals surface area contributed by atoms with Crippen LogP contribution in [0.2, 0.25) is 5.02 Å². The Morgan fingerprint density at radius 1 is 0.903 bits per heavy atom. The fourth-order valence-electron chi connectivity index (χ4n) is 3.51. The summed E-state index contributed by atoms with van der Waals surface area (Å²) in [7, 11) is 0. The summed E-state index contributed by atoms with van der Waals surface area (Å²) in [5.74, 6) is 1.29. The van der Waals surface area contributed by atoms with E-state index in [0.717, 1.165) is 30.5 Å². The highest BCUT2D eigenvalue weighted by atomic mass is 35.5. The van der Waals surface area contributed by atoms with Crippen molar-refractivity contribution in [1.29, 1.82) is 0 Å². The van der Waals surface area contributed by atoms with Crippen LogP contribution in [-0.2, 0) is 19.6 Å². The topological polar surface area (TPSA) is 30.5 Å². The minimum atomic E-state index is 0.395. The summed E-state index contributed by atoms with van der Waals surface area (Å²) in [6.07, 6.45) is 2.14. The third-order valence-corrected chi connectivity index (χ3v) is 5.48. The molecule has 0 spiro atoms. The monoisotopic (exact) mass is 437 g/mol. The third kappa shape index (κ3) is 7.30. The number of nitrogens with one attached hydrogen (secondary N) is 1. The average molecular weight is 438 g/mol. The van der Waals surface area contributed by atoms with Gasteiger partial charge in [-0.1, -0.05) is 71.8 Å². The Hall–Kier alpha value is -2.49. The first-order valence-corrected chi connectivity index (χ1v) is 11.3. The van der Waals surface area contributed by atoms with Crippen molar-refractivity contribution in [2.24, 2.45) is 0 Å². The number of rotatable bonds is 11. The number of ether oxygens (including phenoxy) is 2. The second-order valence-corrected chi connectivity index (χ2v) is 8.33. The van der Waals surface area contributed by atoms with E-state index in [4.69, 9.17) is 21.1 Å². The molecule has 4 heteroatoms. The van der Waals surface area contributed by atoms with Crippen LogP contribution in [0.15, 0.2) is 66.7 Å². The van der Waals surface area contributed by atoms with Crippen molar-refractivity contribution >= 4 is 11.6 Å². The summed E-state index contributed by atoms with van der Waals surface area (Å²) in [5.41, 5.74) is 4.77. The van der Waals surface area contributed by atoms with E-state index in [-0.39, 0.29) is 0 Å². The quantitative estimate of drug-likeness (QED) is 0.360. The molecule has 1 N–H and O–H groups in total. The van der Waals surface area contributed by atoms with Crippen LogP contribution in [0.1, 0.15) is 42.5 Å². The molecule has 0 aliphatic rings. The lowest BCUT2D eigenvalue weighted by Crippen LogP contribution is -2.26. The van der Waals surface area contributed by atoms with Gasteiger partial charge in [0.15, 0.2) is 11.5 Å². The molecule has 3 aromatic carbocycles. The van der Waals surface area contributed by atoms with Gasteiger partial charge in [0.2, 0.25) is 0 Å². The van der Waals surface area contributed by atoms with Crippen molar-refractivity contribution in [3.63, 3.8) is 0 Å². The fraction of sp³-hybridized carbons (Fsp3) is 0.333. The number of hydrogen-bond donors (Lipinski definition) is 1. The number of benzene rings is 3. The lowest BCUT2D eigenvalue weighted by Gasteiger charge is -2.17. The Bertz CT molecular complexity index is 959. The number of hydrogen-bond acceptors (Lipinski definition) is 3. The molecule has 31 heavy (non-hydrogen) atoms. The van der Waals surface area contributed by atoms with E-state index in [1.807, 2.05) is 25.1 Å². The van der Waals surface area contributed by atoms with Crippen molar-refractivity contribution in [2.75, 3.05) is 6.61 Å². The largest absolute Gasteiger partial charge is 0.490 e. The maximum Gasteiger partial charge on any atom is 0.180 e. The molecule has 3 nitrogen and oxygen atoms in total. The summed E-state index contributed by atoms with van der Waals surface area (Å²) in [5, 5.41) is 4.17. The van der Waals surface area contributed by atoms with Gasteiger partial charge in [-0.25, -0.2) is 0 Å². The van der Waals surface area contributed by atoms with Gasteiger partial charge in [-0.15, -0.1) is 0 Å². The van der Waals surface area contributed by atoms with E-state index < -0.39 is 0 Å². The zero-order valence-electron chi connectivity index (χ0n) is 18.7. The fourth-order valence-corrected chi connectivity index (χ4v) is 3.79. The molecule has 0 bridgehead atoms. The van der Waals surface area contributed by atoms with Crippen molar-refractivity contribution < 1.29 is 9.47 Å². The molecule has 0 radical (unpaired) electrons. The van der Waals surface area contributed by atoms with Gasteiger partial charge in [0.25, 0.3) is 0 Å². The van der Waals surface area contributed by atoms with Gasteiger partial charge in [-0.3, -0.25) is 0 Å². The molecule has 0 unspecified atom stereocenters. The molecule has 0 aliphatic heterocycles. The van der Waals surface area contributed by atoms with Gasteiger partial charge in [0.05, 0.1) is 11.6 Å². The second-order valence-electron chi connectivity index (χ2n) is 7.92. The van der Waals surface area contributed by atoms with E-state index >= 15 is 0 Å². The van der Waals surface area contributed by atoms with Crippen molar-refractivity contribution in [3.8, 4) is 11.5 Å². The zero-order chi connectivity index (χ0) is 22.1. The van der Waals surface area contributed by atoms with Crippen LogP contribution in [0.4, 0.5) is 0 Å². The van der Waals surface area contributed by atoms with Gasteiger partial charge in [0, 0.05) is 12.6 Å². The summed E-state index contributed by atoms with van der Waals surface area (Å²) < 4.78 is 11.9. The third-order valence-electron chi connectivity index (χ3n) is 5.20. The van der Waals surface area contributed by atoms with E-state index in [2.05, 4.69) is 67.7 Å². The van der Waals surface area contributed by atoms with Crippen LogP contribution in [0.25, 0.3) is 0 Å². The molecule has 0 heterocycles. The minimum absolute atomic E-state index is 0.395. The van der Waals surface area contributed by atoms with Gasteiger partial charge >= 0.3 is 0 Å². The van der Waals surface area contributed by atoms with Crippen molar-refractivity contribution in [3.05, 3.63) is 94.0 Å². The lowest BCUT2D eigenvalue weighted by molar-refractivity contribution is 0.269. The Morgan fingerprint density at radius 2 is 1.68 bits per heavy atom. The molecule has 3 aromatic rings. The van der Waals surface area contributed by atoms with Gasteiger partial charge in [-0.2, -0.15) is 0 Å². The van der Waals surface area contributed by atoms with Crippen LogP contribution in [0.5, 0.6) is 11.5 Å². The van der Waals surface area contributed by atoms with Crippen LogP contribution in [-0.4, -0.2) is 12.6 Å². The molecular formula is C27H32ClNO2. The standard InChI is InChI=1S/C27H32ClNO2/c1-4-30-26-17-24(18-29-21(3)13-14-22-10-6-5-7-11-22)16-25(28)27(26)31-19-23-12-8-9-20(2)15-23/h5-12,15-17,21,29H,4,13-14,18-19H2,1-3H3/t21-/m1/s1.